The van der Waals surface area contributed by atoms with E-state index in [4.69, 9.17) is 23.2 Å². The summed E-state index contributed by atoms with van der Waals surface area (Å²) in [6.45, 7) is 3.50. The van der Waals surface area contributed by atoms with Gasteiger partial charge in [0.25, 0.3) is 0 Å². The lowest BCUT2D eigenvalue weighted by Crippen LogP contribution is -2.31. The predicted octanol–water partition coefficient (Wildman–Crippen LogP) is 4.92. The average molecular weight is 363 g/mol. The Labute approximate surface area is 152 Å². The number of halogens is 2. The van der Waals surface area contributed by atoms with Crippen LogP contribution in [0.4, 0.5) is 5.69 Å². The predicted molar refractivity (Wildman–Crippen MR) is 100 cm³/mol. The number of likely N-dealkylation sites (N-methyl/N-ethyl adjacent to an activating group) is 1. The van der Waals surface area contributed by atoms with Crippen LogP contribution < -0.4 is 5.32 Å². The average Bonchev–Trinajstić information content (AvgIpc) is 2.55. The van der Waals surface area contributed by atoms with Gasteiger partial charge in [0.05, 0.1) is 0 Å². The molecule has 1 aliphatic rings. The van der Waals surface area contributed by atoms with Gasteiger partial charge in [-0.15, -0.1) is 0 Å². The van der Waals surface area contributed by atoms with Crippen LogP contribution in [0.1, 0.15) is 36.0 Å². The van der Waals surface area contributed by atoms with Crippen molar-refractivity contribution in [3.05, 3.63) is 63.1 Å². The second-order valence-corrected chi connectivity index (χ2v) is 7.04. The van der Waals surface area contributed by atoms with Crippen molar-refractivity contribution >= 4 is 34.8 Å². The minimum atomic E-state index is 0.0102. The van der Waals surface area contributed by atoms with Crippen molar-refractivity contribution < 1.29 is 4.79 Å². The van der Waals surface area contributed by atoms with E-state index < -0.39 is 0 Å². The first-order valence-electron chi connectivity index (χ1n) is 8.04. The van der Waals surface area contributed by atoms with Gasteiger partial charge in [0.15, 0.2) is 0 Å². The number of fused-ring (bicyclic) bond motifs is 1. The molecule has 0 spiro atoms. The number of carbonyl (C=O) groups excluding carboxylic acids is 1. The summed E-state index contributed by atoms with van der Waals surface area (Å²) in [5.41, 5.74) is 4.19. The van der Waals surface area contributed by atoms with Crippen molar-refractivity contribution in [3.8, 4) is 0 Å². The summed E-state index contributed by atoms with van der Waals surface area (Å²) < 4.78 is 0. The first-order chi connectivity index (χ1) is 11.5. The number of nitrogens with zero attached hydrogens (tertiary/aromatic N) is 1. The van der Waals surface area contributed by atoms with Gasteiger partial charge < -0.3 is 10.2 Å². The van der Waals surface area contributed by atoms with Crippen molar-refractivity contribution in [2.45, 2.75) is 25.8 Å². The summed E-state index contributed by atoms with van der Waals surface area (Å²) in [5, 5.41) is 4.35. The second-order valence-electron chi connectivity index (χ2n) is 6.19. The zero-order chi connectivity index (χ0) is 17.3. The number of anilines is 1. The molecule has 0 saturated carbocycles. The molecular formula is C19H20Cl2N2O. The van der Waals surface area contributed by atoms with E-state index in [1.165, 1.54) is 0 Å². The Kier molecular flexibility index (Phi) is 5.14. The molecule has 0 bridgehead atoms. The molecule has 3 rings (SSSR count). The normalized spacial score (nSPS) is 17.4. The summed E-state index contributed by atoms with van der Waals surface area (Å²) in [5.74, 6) is 0.124. The van der Waals surface area contributed by atoms with Crippen LogP contribution >= 0.6 is 23.2 Å². The number of para-hydroxylation sites is 1. The Morgan fingerprint density at radius 2 is 2.00 bits per heavy atom. The quantitative estimate of drug-likeness (QED) is 0.840. The van der Waals surface area contributed by atoms with Gasteiger partial charge in [-0.1, -0.05) is 48.3 Å². The van der Waals surface area contributed by atoms with Crippen molar-refractivity contribution in [1.82, 2.24) is 4.90 Å². The molecule has 1 heterocycles. The Bertz CT molecular complexity index is 776. The molecule has 3 nitrogen and oxygen atoms in total. The van der Waals surface area contributed by atoms with Crippen LogP contribution in [-0.4, -0.2) is 24.4 Å². The van der Waals surface area contributed by atoms with E-state index in [-0.39, 0.29) is 11.8 Å². The molecule has 126 valence electrons. The minimum Gasteiger partial charge on any atom is -0.326 e. The lowest BCUT2D eigenvalue weighted by atomic mass is 9.84. The monoisotopic (exact) mass is 362 g/mol. The second kappa shape index (κ2) is 7.14. The zero-order valence-corrected chi connectivity index (χ0v) is 15.3. The number of rotatable bonds is 3. The first kappa shape index (κ1) is 17.3. The smallest absolute Gasteiger partial charge is 0.224 e. The molecular weight excluding hydrogens is 343 g/mol. The van der Waals surface area contributed by atoms with E-state index in [0.29, 0.717) is 16.5 Å². The van der Waals surface area contributed by atoms with Crippen molar-refractivity contribution in [2.75, 3.05) is 18.9 Å². The maximum Gasteiger partial charge on any atom is 0.224 e. The molecule has 1 amide bonds. The number of carbonyl (C=O) groups is 1. The lowest BCUT2D eigenvalue weighted by Gasteiger charge is -2.34. The highest BCUT2D eigenvalue weighted by Gasteiger charge is 2.28. The van der Waals surface area contributed by atoms with E-state index in [1.54, 1.807) is 6.07 Å². The summed E-state index contributed by atoms with van der Waals surface area (Å²) in [4.78, 5) is 14.1. The molecule has 0 saturated heterocycles. The van der Waals surface area contributed by atoms with E-state index in [2.05, 4.69) is 23.3 Å². The van der Waals surface area contributed by atoms with Crippen LogP contribution in [0.5, 0.6) is 0 Å². The fourth-order valence-electron chi connectivity index (χ4n) is 3.26. The van der Waals surface area contributed by atoms with Crippen LogP contribution in [0.15, 0.2) is 36.4 Å². The fraction of sp³-hybridized carbons (Fsp3) is 0.316. The van der Waals surface area contributed by atoms with Gasteiger partial charge in [-0.25, -0.2) is 0 Å². The summed E-state index contributed by atoms with van der Waals surface area (Å²) >= 11 is 12.7. The molecule has 1 aliphatic heterocycles. The number of benzene rings is 2. The van der Waals surface area contributed by atoms with Crippen molar-refractivity contribution in [3.63, 3.8) is 0 Å². The van der Waals surface area contributed by atoms with E-state index in [1.807, 2.05) is 31.2 Å². The molecule has 1 N–H and O–H groups in total. The Morgan fingerprint density at radius 1 is 1.25 bits per heavy atom. The van der Waals surface area contributed by atoms with Gasteiger partial charge in [0, 0.05) is 41.2 Å². The van der Waals surface area contributed by atoms with Gasteiger partial charge >= 0.3 is 0 Å². The fourth-order valence-corrected chi connectivity index (χ4v) is 3.83. The van der Waals surface area contributed by atoms with Crippen LogP contribution in [0.25, 0.3) is 0 Å². The van der Waals surface area contributed by atoms with Gasteiger partial charge in [0.2, 0.25) is 5.91 Å². The van der Waals surface area contributed by atoms with Gasteiger partial charge in [0.1, 0.15) is 0 Å². The molecule has 0 aromatic heterocycles. The molecule has 1 unspecified atom stereocenters. The topological polar surface area (TPSA) is 32.3 Å². The lowest BCUT2D eigenvalue weighted by molar-refractivity contribution is -0.115. The number of nitrogens with one attached hydrogen (secondary N) is 1. The molecule has 2 aromatic rings. The van der Waals surface area contributed by atoms with Crippen molar-refractivity contribution in [2.24, 2.45) is 0 Å². The molecule has 0 radical (unpaired) electrons. The molecule has 0 fully saturated rings. The summed E-state index contributed by atoms with van der Waals surface area (Å²) in [6.07, 6.45) is 0.452. The largest absolute Gasteiger partial charge is 0.326 e. The van der Waals surface area contributed by atoms with Gasteiger partial charge in [-0.2, -0.15) is 0 Å². The van der Waals surface area contributed by atoms with Gasteiger partial charge in [-0.05, 0) is 41.9 Å². The molecule has 24 heavy (non-hydrogen) atoms. The van der Waals surface area contributed by atoms with Crippen molar-refractivity contribution in [1.29, 1.82) is 0 Å². The highest BCUT2D eigenvalue weighted by Crippen LogP contribution is 2.40. The maximum atomic E-state index is 11.9. The summed E-state index contributed by atoms with van der Waals surface area (Å²) in [7, 11) is 2.08. The van der Waals surface area contributed by atoms with E-state index in [0.717, 1.165) is 35.5 Å². The standard InChI is InChI=1S/C19H20Cl2N2O/c1-3-19(24)22-18-7-5-4-6-13(18)15-10-23(2)11-16-14(15)8-12(20)9-17(16)21/h4-9,15H,3,10-11H2,1-2H3,(H,22,24). The molecule has 1 atom stereocenters. The van der Waals surface area contributed by atoms with Gasteiger partial charge in [-0.3, -0.25) is 4.79 Å². The van der Waals surface area contributed by atoms with E-state index >= 15 is 0 Å². The van der Waals surface area contributed by atoms with Crippen LogP contribution in [0.2, 0.25) is 10.0 Å². The maximum absolute atomic E-state index is 11.9. The minimum absolute atomic E-state index is 0.0102. The molecule has 0 aliphatic carbocycles. The van der Waals surface area contributed by atoms with Crippen LogP contribution in [0, 0.1) is 0 Å². The zero-order valence-electron chi connectivity index (χ0n) is 13.8. The van der Waals surface area contributed by atoms with Crippen LogP contribution in [0.3, 0.4) is 0 Å². The van der Waals surface area contributed by atoms with Crippen LogP contribution in [-0.2, 0) is 11.3 Å². The highest BCUT2D eigenvalue weighted by atomic mass is 35.5. The number of hydrogen-bond donors (Lipinski definition) is 1. The highest BCUT2D eigenvalue weighted by molar-refractivity contribution is 6.35. The third kappa shape index (κ3) is 3.44. The third-order valence-corrected chi connectivity index (χ3v) is 4.98. The SMILES string of the molecule is CCC(=O)Nc1ccccc1C1CN(C)Cc2c(Cl)cc(Cl)cc21. The number of hydrogen-bond acceptors (Lipinski definition) is 2. The Balaban J connectivity index is 2.10. The number of amides is 1. The Hall–Kier alpha value is -1.55. The molecule has 2 aromatic carbocycles. The summed E-state index contributed by atoms with van der Waals surface area (Å²) in [6, 6.07) is 11.7. The van der Waals surface area contributed by atoms with E-state index in [9.17, 15) is 4.79 Å². The third-order valence-electron chi connectivity index (χ3n) is 4.42. The molecule has 5 heteroatoms. The first-order valence-corrected chi connectivity index (χ1v) is 8.80. The Morgan fingerprint density at radius 3 is 2.75 bits per heavy atom.